The molecule has 0 saturated heterocycles. The van der Waals surface area contributed by atoms with Crippen LogP contribution in [-0.2, 0) is 0 Å². The fourth-order valence-corrected chi connectivity index (χ4v) is 2.90. The highest BCUT2D eigenvalue weighted by Crippen LogP contribution is 2.35. The summed E-state index contributed by atoms with van der Waals surface area (Å²) in [7, 11) is 0. The van der Waals surface area contributed by atoms with Gasteiger partial charge in [0.2, 0.25) is 0 Å². The Morgan fingerprint density at radius 2 is 2.00 bits per heavy atom. The van der Waals surface area contributed by atoms with E-state index >= 15 is 0 Å². The van der Waals surface area contributed by atoms with Crippen molar-refractivity contribution in [2.75, 3.05) is 6.54 Å². The van der Waals surface area contributed by atoms with E-state index in [0.717, 1.165) is 11.5 Å². The van der Waals surface area contributed by atoms with Crippen molar-refractivity contribution in [3.05, 3.63) is 46.8 Å². The lowest BCUT2D eigenvalue weighted by atomic mass is 10.1. The summed E-state index contributed by atoms with van der Waals surface area (Å²) in [6.07, 6.45) is 0. The molecule has 2 rings (SSSR count). The predicted octanol–water partition coefficient (Wildman–Crippen LogP) is 3.39. The Morgan fingerprint density at radius 3 is 2.56 bits per heavy atom. The van der Waals surface area contributed by atoms with E-state index in [1.807, 2.05) is 26.0 Å². The summed E-state index contributed by atoms with van der Waals surface area (Å²) in [6, 6.07) is 8.29. The Labute approximate surface area is 112 Å². The van der Waals surface area contributed by atoms with E-state index in [9.17, 15) is 0 Å². The lowest BCUT2D eigenvalue weighted by Gasteiger charge is -2.14. The second-order valence-electron chi connectivity index (χ2n) is 4.32. The van der Waals surface area contributed by atoms with E-state index in [-0.39, 0.29) is 5.25 Å². The van der Waals surface area contributed by atoms with Crippen molar-refractivity contribution in [1.29, 1.82) is 0 Å². The van der Waals surface area contributed by atoms with E-state index in [2.05, 4.69) is 24.0 Å². The maximum atomic E-state index is 5.88. The van der Waals surface area contributed by atoms with Gasteiger partial charge in [-0.25, -0.2) is 4.98 Å². The molecule has 96 valence electrons. The van der Waals surface area contributed by atoms with Crippen LogP contribution in [0.1, 0.15) is 27.8 Å². The Balaban J connectivity index is 2.22. The maximum absolute atomic E-state index is 5.88. The normalized spacial score (nSPS) is 12.7. The number of nitrogens with two attached hydrogens (primary N) is 1. The van der Waals surface area contributed by atoms with E-state index < -0.39 is 0 Å². The van der Waals surface area contributed by atoms with Crippen LogP contribution in [-0.4, -0.2) is 11.5 Å². The highest BCUT2D eigenvalue weighted by molar-refractivity contribution is 7.99. The summed E-state index contributed by atoms with van der Waals surface area (Å²) in [5.41, 5.74) is 9.32. The van der Waals surface area contributed by atoms with Gasteiger partial charge in [0.05, 0.1) is 10.9 Å². The number of thioether (sulfide) groups is 1. The van der Waals surface area contributed by atoms with Crippen molar-refractivity contribution in [3.63, 3.8) is 0 Å². The molecule has 0 aliphatic carbocycles. The van der Waals surface area contributed by atoms with Crippen LogP contribution in [0.2, 0.25) is 0 Å². The van der Waals surface area contributed by atoms with Crippen LogP contribution >= 0.6 is 11.8 Å². The lowest BCUT2D eigenvalue weighted by molar-refractivity contribution is 0.430. The Morgan fingerprint density at radius 1 is 1.28 bits per heavy atom. The first kappa shape index (κ1) is 13.2. The van der Waals surface area contributed by atoms with Gasteiger partial charge in [0, 0.05) is 6.54 Å². The minimum absolute atomic E-state index is 0.184. The second-order valence-corrected chi connectivity index (χ2v) is 5.47. The summed E-state index contributed by atoms with van der Waals surface area (Å²) in [4.78, 5) is 4.39. The Hall–Kier alpha value is -1.26. The molecule has 0 aliphatic heterocycles. The predicted molar refractivity (Wildman–Crippen MR) is 74.8 cm³/mol. The van der Waals surface area contributed by atoms with Gasteiger partial charge in [-0.05, 0) is 31.9 Å². The molecule has 0 saturated carbocycles. The zero-order valence-electron chi connectivity index (χ0n) is 10.9. The van der Waals surface area contributed by atoms with Gasteiger partial charge in [0.25, 0.3) is 5.22 Å². The van der Waals surface area contributed by atoms with Crippen LogP contribution in [0.5, 0.6) is 0 Å². The molecule has 0 radical (unpaired) electrons. The summed E-state index contributed by atoms with van der Waals surface area (Å²) in [5.74, 6) is 0.873. The van der Waals surface area contributed by atoms with Gasteiger partial charge < -0.3 is 10.2 Å². The lowest BCUT2D eigenvalue weighted by Crippen LogP contribution is -2.10. The number of aromatic nitrogens is 1. The Bertz CT molecular complexity index is 517. The van der Waals surface area contributed by atoms with Gasteiger partial charge in [0.1, 0.15) is 5.76 Å². The minimum atomic E-state index is 0.184. The van der Waals surface area contributed by atoms with Gasteiger partial charge in [-0.3, -0.25) is 0 Å². The number of nitrogens with zero attached hydrogens (tertiary/aromatic N) is 1. The summed E-state index contributed by atoms with van der Waals surface area (Å²) < 4.78 is 5.60. The molecule has 3 nitrogen and oxygen atoms in total. The fraction of sp³-hybridized carbons (Fsp3) is 0.357. The van der Waals surface area contributed by atoms with Crippen LogP contribution in [0, 0.1) is 20.8 Å². The molecule has 1 aromatic heterocycles. The molecule has 0 bridgehead atoms. The molecule has 2 N–H and O–H groups in total. The summed E-state index contributed by atoms with van der Waals surface area (Å²) >= 11 is 1.59. The van der Waals surface area contributed by atoms with Crippen molar-refractivity contribution in [2.45, 2.75) is 31.2 Å². The smallest absolute Gasteiger partial charge is 0.256 e. The Kier molecular flexibility index (Phi) is 4.09. The van der Waals surface area contributed by atoms with Crippen LogP contribution < -0.4 is 5.73 Å². The van der Waals surface area contributed by atoms with Crippen LogP contribution in [0.15, 0.2) is 33.9 Å². The van der Waals surface area contributed by atoms with E-state index in [0.29, 0.717) is 11.8 Å². The molecule has 0 fully saturated rings. The average molecular weight is 262 g/mol. The summed E-state index contributed by atoms with van der Waals surface area (Å²) in [5, 5.41) is 0.882. The number of hydrogen-bond donors (Lipinski definition) is 1. The van der Waals surface area contributed by atoms with Crippen LogP contribution in [0.3, 0.4) is 0 Å². The number of oxazole rings is 1. The molecule has 1 unspecified atom stereocenters. The molecule has 2 aromatic rings. The fourth-order valence-electron chi connectivity index (χ4n) is 1.80. The highest BCUT2D eigenvalue weighted by atomic mass is 32.2. The maximum Gasteiger partial charge on any atom is 0.256 e. The largest absolute Gasteiger partial charge is 0.437 e. The third-order valence-corrected chi connectivity index (χ3v) is 4.11. The van der Waals surface area contributed by atoms with Crippen molar-refractivity contribution in [3.8, 4) is 0 Å². The van der Waals surface area contributed by atoms with Gasteiger partial charge >= 0.3 is 0 Å². The minimum Gasteiger partial charge on any atom is -0.437 e. The highest BCUT2D eigenvalue weighted by Gasteiger charge is 2.17. The first-order valence-electron chi connectivity index (χ1n) is 5.98. The topological polar surface area (TPSA) is 52.0 Å². The molecule has 0 spiro atoms. The molecule has 0 amide bonds. The van der Waals surface area contributed by atoms with Gasteiger partial charge in [-0.15, -0.1) is 0 Å². The number of benzene rings is 1. The molecule has 1 aromatic carbocycles. The molecule has 4 heteroatoms. The number of hydrogen-bond acceptors (Lipinski definition) is 4. The quantitative estimate of drug-likeness (QED) is 0.858. The first-order valence-corrected chi connectivity index (χ1v) is 6.86. The van der Waals surface area contributed by atoms with Gasteiger partial charge in [-0.2, -0.15) is 0 Å². The third kappa shape index (κ3) is 2.76. The number of aryl methyl sites for hydroxylation is 3. The molecule has 0 aliphatic rings. The third-order valence-electron chi connectivity index (χ3n) is 3.00. The second kappa shape index (κ2) is 5.59. The van der Waals surface area contributed by atoms with Crippen LogP contribution in [0.4, 0.5) is 0 Å². The zero-order chi connectivity index (χ0) is 13.1. The van der Waals surface area contributed by atoms with Crippen molar-refractivity contribution < 1.29 is 4.42 Å². The SMILES string of the molecule is Cc1ccccc1C(CN)Sc1nc(C)c(C)o1. The molecule has 1 atom stereocenters. The molecular weight excluding hydrogens is 244 g/mol. The van der Waals surface area contributed by atoms with E-state index in [1.54, 1.807) is 11.8 Å². The van der Waals surface area contributed by atoms with Gasteiger partial charge in [0.15, 0.2) is 0 Å². The standard InChI is InChI=1S/C14H18N2OS/c1-9-6-4-5-7-12(9)13(8-15)18-14-16-10(2)11(3)17-14/h4-7,13H,8,15H2,1-3H3. The summed E-state index contributed by atoms with van der Waals surface area (Å²) in [6.45, 7) is 6.55. The van der Waals surface area contributed by atoms with Crippen LogP contribution in [0.25, 0.3) is 0 Å². The van der Waals surface area contributed by atoms with Crippen molar-refractivity contribution in [2.24, 2.45) is 5.73 Å². The molecular formula is C14H18N2OS. The zero-order valence-corrected chi connectivity index (χ0v) is 11.8. The van der Waals surface area contributed by atoms with Crippen molar-refractivity contribution >= 4 is 11.8 Å². The van der Waals surface area contributed by atoms with E-state index in [1.165, 1.54) is 11.1 Å². The van der Waals surface area contributed by atoms with Crippen molar-refractivity contribution in [1.82, 2.24) is 4.98 Å². The molecule has 18 heavy (non-hydrogen) atoms. The van der Waals surface area contributed by atoms with E-state index in [4.69, 9.17) is 10.2 Å². The molecule has 1 heterocycles. The van der Waals surface area contributed by atoms with Gasteiger partial charge in [-0.1, -0.05) is 36.0 Å². The average Bonchev–Trinajstić information content (AvgIpc) is 2.66. The monoisotopic (exact) mass is 262 g/mol. The number of rotatable bonds is 4. The first-order chi connectivity index (χ1) is 8.61.